The van der Waals surface area contributed by atoms with Gasteiger partial charge in [-0.1, -0.05) is 0 Å². The molecule has 0 bridgehead atoms. The van der Waals surface area contributed by atoms with Crippen LogP contribution in [0.25, 0.3) is 0 Å². The first-order valence-corrected chi connectivity index (χ1v) is 6.27. The van der Waals surface area contributed by atoms with Gasteiger partial charge in [0.25, 0.3) is 0 Å². The second-order valence-electron chi connectivity index (χ2n) is 4.89. The van der Waals surface area contributed by atoms with E-state index in [1.807, 2.05) is 7.05 Å². The van der Waals surface area contributed by atoms with Gasteiger partial charge < -0.3 is 9.73 Å². The number of piperidine rings is 1. The Balaban J connectivity index is 1.82. The Kier molecular flexibility index (Phi) is 4.33. The van der Waals surface area contributed by atoms with Gasteiger partial charge in [0.15, 0.2) is 0 Å². The fraction of sp³-hybridized carbons (Fsp3) is 0.667. The van der Waals surface area contributed by atoms with Crippen molar-refractivity contribution in [2.45, 2.75) is 19.4 Å². The first kappa shape index (κ1) is 13.0. The molecule has 2 rings (SSSR count). The standard InChI is InChI=1S/C12H19N3O3/c1-14(8-10-4-6-13-7-5-10)9-11-2-3-12(18-11)15(16)17/h2-3,10,13H,4-9H2,1H3. The zero-order valence-corrected chi connectivity index (χ0v) is 10.6. The van der Waals surface area contributed by atoms with Crippen molar-refractivity contribution in [1.82, 2.24) is 10.2 Å². The van der Waals surface area contributed by atoms with Gasteiger partial charge in [0.2, 0.25) is 0 Å². The zero-order valence-electron chi connectivity index (χ0n) is 10.6. The fourth-order valence-electron chi connectivity index (χ4n) is 2.39. The molecule has 18 heavy (non-hydrogen) atoms. The number of hydrogen-bond donors (Lipinski definition) is 1. The van der Waals surface area contributed by atoms with E-state index >= 15 is 0 Å². The quantitative estimate of drug-likeness (QED) is 0.637. The molecule has 0 aromatic carbocycles. The second-order valence-corrected chi connectivity index (χ2v) is 4.89. The van der Waals surface area contributed by atoms with Gasteiger partial charge in [-0.15, -0.1) is 0 Å². The highest BCUT2D eigenvalue weighted by atomic mass is 16.6. The van der Waals surface area contributed by atoms with Gasteiger partial charge in [-0.25, -0.2) is 0 Å². The smallest absolute Gasteiger partial charge is 0.404 e. The lowest BCUT2D eigenvalue weighted by atomic mass is 9.98. The van der Waals surface area contributed by atoms with Crippen LogP contribution in [0, 0.1) is 16.0 Å². The van der Waals surface area contributed by atoms with E-state index < -0.39 is 4.92 Å². The van der Waals surface area contributed by atoms with Crippen LogP contribution in [-0.4, -0.2) is 36.5 Å². The SMILES string of the molecule is CN(Cc1ccc([N+](=O)[O-])o1)CC1CCNCC1. The minimum absolute atomic E-state index is 0.180. The van der Waals surface area contributed by atoms with Crippen molar-refractivity contribution in [3.63, 3.8) is 0 Å². The number of nitrogens with zero attached hydrogens (tertiary/aromatic N) is 2. The average molecular weight is 253 g/mol. The Hall–Kier alpha value is -1.40. The van der Waals surface area contributed by atoms with Crippen LogP contribution < -0.4 is 5.32 Å². The predicted molar refractivity (Wildman–Crippen MR) is 67.3 cm³/mol. The minimum Gasteiger partial charge on any atom is -0.404 e. The van der Waals surface area contributed by atoms with Crippen molar-refractivity contribution in [3.8, 4) is 0 Å². The first-order chi connectivity index (χ1) is 8.65. The maximum absolute atomic E-state index is 10.5. The number of nitrogens with one attached hydrogen (secondary N) is 1. The average Bonchev–Trinajstić information content (AvgIpc) is 2.78. The van der Waals surface area contributed by atoms with Crippen LogP contribution in [0.4, 0.5) is 5.88 Å². The van der Waals surface area contributed by atoms with Gasteiger partial charge in [0, 0.05) is 6.54 Å². The number of rotatable bonds is 5. The lowest BCUT2D eigenvalue weighted by molar-refractivity contribution is -0.402. The van der Waals surface area contributed by atoms with Crippen molar-refractivity contribution in [2.24, 2.45) is 5.92 Å². The number of hydrogen-bond acceptors (Lipinski definition) is 5. The Morgan fingerprint density at radius 1 is 1.50 bits per heavy atom. The highest BCUT2D eigenvalue weighted by Crippen LogP contribution is 2.18. The van der Waals surface area contributed by atoms with Crippen LogP contribution in [-0.2, 0) is 6.54 Å². The Labute approximate surface area is 106 Å². The van der Waals surface area contributed by atoms with E-state index in [1.165, 1.54) is 18.9 Å². The predicted octanol–water partition coefficient (Wildman–Crippen LogP) is 1.62. The summed E-state index contributed by atoms with van der Waals surface area (Å²) in [5.74, 6) is 1.18. The molecule has 2 heterocycles. The molecule has 6 heteroatoms. The highest BCUT2D eigenvalue weighted by Gasteiger charge is 2.17. The molecular weight excluding hydrogens is 234 g/mol. The van der Waals surface area contributed by atoms with Gasteiger partial charge in [0.1, 0.15) is 10.7 Å². The van der Waals surface area contributed by atoms with Crippen LogP contribution in [0.15, 0.2) is 16.5 Å². The molecule has 0 spiro atoms. The van der Waals surface area contributed by atoms with Crippen molar-refractivity contribution >= 4 is 5.88 Å². The summed E-state index contributed by atoms with van der Waals surface area (Å²) in [6.07, 6.45) is 2.39. The van der Waals surface area contributed by atoms with Crippen molar-refractivity contribution in [1.29, 1.82) is 0 Å². The third kappa shape index (κ3) is 3.54. The molecule has 1 saturated heterocycles. The monoisotopic (exact) mass is 253 g/mol. The lowest BCUT2D eigenvalue weighted by Gasteiger charge is -2.26. The van der Waals surface area contributed by atoms with Crippen molar-refractivity contribution < 1.29 is 9.34 Å². The molecule has 1 aliphatic rings. The Morgan fingerprint density at radius 3 is 2.83 bits per heavy atom. The summed E-state index contributed by atoms with van der Waals surface area (Å²) in [6.45, 7) is 3.81. The van der Waals surface area contributed by atoms with Gasteiger partial charge in [-0.2, -0.15) is 0 Å². The summed E-state index contributed by atoms with van der Waals surface area (Å²) in [6, 6.07) is 3.09. The first-order valence-electron chi connectivity index (χ1n) is 6.27. The minimum atomic E-state index is -0.504. The van der Waals surface area contributed by atoms with Crippen LogP contribution in [0.3, 0.4) is 0 Å². The highest BCUT2D eigenvalue weighted by molar-refractivity contribution is 5.17. The molecule has 1 fully saturated rings. The summed E-state index contributed by atoms with van der Waals surface area (Å²) < 4.78 is 5.15. The van der Waals surface area contributed by atoms with E-state index in [1.54, 1.807) is 6.07 Å². The molecule has 0 radical (unpaired) electrons. The van der Waals surface area contributed by atoms with Crippen molar-refractivity contribution in [2.75, 3.05) is 26.7 Å². The topological polar surface area (TPSA) is 71.5 Å². The summed E-state index contributed by atoms with van der Waals surface area (Å²) in [7, 11) is 2.02. The summed E-state index contributed by atoms with van der Waals surface area (Å²) in [4.78, 5) is 12.2. The Bertz CT molecular complexity index is 399. The van der Waals surface area contributed by atoms with Gasteiger partial charge in [0.05, 0.1) is 12.6 Å². The molecule has 0 unspecified atom stereocenters. The molecule has 1 aliphatic heterocycles. The van der Waals surface area contributed by atoms with E-state index in [-0.39, 0.29) is 5.88 Å². The summed E-state index contributed by atoms with van der Waals surface area (Å²) in [5, 5.41) is 13.8. The lowest BCUT2D eigenvalue weighted by Crippen LogP contribution is -2.34. The summed E-state index contributed by atoms with van der Waals surface area (Å²) in [5.41, 5.74) is 0. The molecule has 6 nitrogen and oxygen atoms in total. The van der Waals surface area contributed by atoms with Crippen LogP contribution >= 0.6 is 0 Å². The molecule has 1 N–H and O–H groups in total. The largest absolute Gasteiger partial charge is 0.433 e. The second kappa shape index (κ2) is 5.97. The molecule has 100 valence electrons. The third-order valence-electron chi connectivity index (χ3n) is 3.28. The summed E-state index contributed by atoms with van der Waals surface area (Å²) >= 11 is 0. The molecule has 0 atom stereocenters. The number of nitro groups is 1. The van der Waals surface area contributed by atoms with Crippen LogP contribution in [0.5, 0.6) is 0 Å². The van der Waals surface area contributed by atoms with Gasteiger partial charge >= 0.3 is 5.88 Å². The third-order valence-corrected chi connectivity index (χ3v) is 3.28. The zero-order chi connectivity index (χ0) is 13.0. The van der Waals surface area contributed by atoms with E-state index in [4.69, 9.17) is 4.42 Å². The Morgan fingerprint density at radius 2 is 2.22 bits per heavy atom. The molecule has 0 saturated carbocycles. The van der Waals surface area contributed by atoms with E-state index in [2.05, 4.69) is 10.2 Å². The molecular formula is C12H19N3O3. The van der Waals surface area contributed by atoms with Crippen molar-refractivity contribution in [3.05, 3.63) is 28.0 Å². The van der Waals surface area contributed by atoms with Gasteiger partial charge in [-0.05, 0) is 45.0 Å². The van der Waals surface area contributed by atoms with E-state index in [0.717, 1.165) is 19.6 Å². The van der Waals surface area contributed by atoms with E-state index in [0.29, 0.717) is 18.2 Å². The van der Waals surface area contributed by atoms with E-state index in [9.17, 15) is 10.1 Å². The number of furan rings is 1. The van der Waals surface area contributed by atoms with Gasteiger partial charge in [-0.3, -0.25) is 15.0 Å². The maximum atomic E-state index is 10.5. The fourth-order valence-corrected chi connectivity index (χ4v) is 2.39. The van der Waals surface area contributed by atoms with Crippen LogP contribution in [0.2, 0.25) is 0 Å². The maximum Gasteiger partial charge on any atom is 0.433 e. The molecule has 1 aromatic rings. The molecule has 0 aliphatic carbocycles. The molecule has 0 amide bonds. The molecule has 1 aromatic heterocycles. The van der Waals surface area contributed by atoms with Crippen LogP contribution in [0.1, 0.15) is 18.6 Å². The normalized spacial score (nSPS) is 17.2.